The molecule has 6 aromatic rings. The van der Waals surface area contributed by atoms with E-state index < -0.39 is 17.4 Å². The number of nitrogens with zero attached hydrogens (tertiary/aromatic N) is 5. The number of ketones is 1. The highest BCUT2D eigenvalue weighted by molar-refractivity contribution is 7.16. The molecule has 0 aliphatic rings. The van der Waals surface area contributed by atoms with Crippen molar-refractivity contribution in [2.75, 3.05) is 17.2 Å². The van der Waals surface area contributed by atoms with Crippen LogP contribution in [0.25, 0.3) is 21.3 Å². The lowest BCUT2D eigenvalue weighted by atomic mass is 9.86. The molecule has 1 unspecified atom stereocenters. The number of Topliss-reactive ketones (excluding diaryl/α,β-unsaturated/α-hetero) is 1. The molecule has 2 N–H and O–H groups in total. The van der Waals surface area contributed by atoms with Gasteiger partial charge >= 0.3 is 0 Å². The number of ether oxygens (including phenoxy) is 1. The topological polar surface area (TPSA) is 132 Å². The maximum absolute atomic E-state index is 14.0. The van der Waals surface area contributed by atoms with Crippen LogP contribution >= 0.6 is 22.9 Å². The zero-order chi connectivity index (χ0) is 37.2. The van der Waals surface area contributed by atoms with Gasteiger partial charge in [0, 0.05) is 24.6 Å². The number of fused-ring (bicyclic) bond motifs is 2. The average molecular weight is 738 g/mol. The highest BCUT2D eigenvalue weighted by atomic mass is 35.5. The lowest BCUT2D eigenvalue weighted by Crippen LogP contribution is -2.39. The number of halogens is 1. The molecule has 0 aliphatic carbocycles. The molecule has 52 heavy (non-hydrogen) atoms. The van der Waals surface area contributed by atoms with E-state index in [1.165, 1.54) is 4.68 Å². The minimum absolute atomic E-state index is 0.217. The van der Waals surface area contributed by atoms with Crippen molar-refractivity contribution >= 4 is 78.8 Å². The van der Waals surface area contributed by atoms with Gasteiger partial charge in [-0.15, -0.1) is 5.10 Å². The highest BCUT2D eigenvalue weighted by Gasteiger charge is 2.38. The third-order valence-corrected chi connectivity index (χ3v) is 9.96. The van der Waals surface area contributed by atoms with E-state index in [2.05, 4.69) is 33.1 Å². The lowest BCUT2D eigenvalue weighted by molar-refractivity contribution is -0.135. The molecule has 1 atom stereocenters. The normalized spacial score (nSPS) is 12.6. The van der Waals surface area contributed by atoms with Crippen molar-refractivity contribution in [3.63, 3.8) is 0 Å². The number of thiazole rings is 1. The van der Waals surface area contributed by atoms with E-state index in [0.29, 0.717) is 35.4 Å². The highest BCUT2D eigenvalue weighted by Crippen LogP contribution is 2.31. The van der Waals surface area contributed by atoms with Gasteiger partial charge in [-0.25, -0.2) is 9.67 Å². The van der Waals surface area contributed by atoms with Gasteiger partial charge in [-0.05, 0) is 80.4 Å². The van der Waals surface area contributed by atoms with Crippen LogP contribution in [0.1, 0.15) is 50.8 Å². The van der Waals surface area contributed by atoms with Gasteiger partial charge in [0.15, 0.2) is 16.6 Å². The predicted octanol–water partition coefficient (Wildman–Crippen LogP) is 8.08. The number of hydrogen-bond acceptors (Lipinski definition) is 8. The van der Waals surface area contributed by atoms with Gasteiger partial charge in [-0.1, -0.05) is 78.8 Å². The Hall–Kier alpha value is -5.33. The smallest absolute Gasteiger partial charge is 0.257 e. The van der Waals surface area contributed by atoms with Crippen molar-refractivity contribution in [3.05, 3.63) is 99.8 Å². The minimum Gasteiger partial charge on any atom is -0.493 e. The van der Waals surface area contributed by atoms with Crippen LogP contribution in [0.15, 0.2) is 83.9 Å². The van der Waals surface area contributed by atoms with Crippen molar-refractivity contribution in [1.82, 2.24) is 19.6 Å². The number of anilines is 2. The summed E-state index contributed by atoms with van der Waals surface area (Å²) in [6, 6.07) is 22.8. The first-order valence-corrected chi connectivity index (χ1v) is 18.1. The van der Waals surface area contributed by atoms with E-state index in [4.69, 9.17) is 21.3 Å². The number of carbonyl (C=O) groups excluding carboxylic acids is 3. The van der Waals surface area contributed by atoms with Crippen LogP contribution in [0.5, 0.6) is 5.75 Å². The van der Waals surface area contributed by atoms with Gasteiger partial charge in [0.25, 0.3) is 5.91 Å². The number of amides is 2. The van der Waals surface area contributed by atoms with Crippen LogP contribution in [-0.4, -0.2) is 43.8 Å². The fourth-order valence-electron chi connectivity index (χ4n) is 5.74. The molecule has 0 fully saturated rings. The molecule has 0 bridgehead atoms. The van der Waals surface area contributed by atoms with Crippen LogP contribution in [0.3, 0.4) is 0 Å². The first kappa shape index (κ1) is 36.5. The van der Waals surface area contributed by atoms with E-state index >= 15 is 0 Å². The monoisotopic (exact) mass is 737 g/mol. The van der Waals surface area contributed by atoms with E-state index in [1.807, 2.05) is 61.9 Å². The summed E-state index contributed by atoms with van der Waals surface area (Å²) in [5.74, 6) is -0.437. The molecule has 0 aliphatic heterocycles. The Morgan fingerprint density at radius 1 is 0.962 bits per heavy atom. The second kappa shape index (κ2) is 15.1. The van der Waals surface area contributed by atoms with Crippen molar-refractivity contribution in [1.29, 1.82) is 0 Å². The van der Waals surface area contributed by atoms with Gasteiger partial charge in [0.05, 0.1) is 38.7 Å². The Labute approximate surface area is 310 Å². The number of hydrogen-bond donors (Lipinski definition) is 2. The molecule has 13 heteroatoms. The second-order valence-electron chi connectivity index (χ2n) is 13.7. The minimum atomic E-state index is -1.36. The molecule has 6 rings (SSSR count). The summed E-state index contributed by atoms with van der Waals surface area (Å²) in [6.07, 6.45) is 0.742. The van der Waals surface area contributed by atoms with Crippen molar-refractivity contribution in [2.24, 2.45) is 17.5 Å². The molecule has 2 amide bonds. The molecule has 0 saturated carbocycles. The van der Waals surface area contributed by atoms with E-state index in [-0.39, 0.29) is 28.8 Å². The summed E-state index contributed by atoms with van der Waals surface area (Å²) < 4.78 is 10.3. The molecular formula is C39H40ClN7O4S. The third-order valence-electron chi connectivity index (χ3n) is 8.52. The van der Waals surface area contributed by atoms with Gasteiger partial charge in [0.1, 0.15) is 11.3 Å². The fraction of sp³-hybridized carbons (Fsp3) is 0.282. The van der Waals surface area contributed by atoms with Crippen molar-refractivity contribution in [3.8, 4) is 5.75 Å². The maximum Gasteiger partial charge on any atom is 0.257 e. The van der Waals surface area contributed by atoms with E-state index in [9.17, 15) is 14.4 Å². The molecule has 268 valence electrons. The molecule has 2 heterocycles. The molecule has 2 aromatic heterocycles. The number of carbonyl (C=O) groups is 3. The molecule has 4 aromatic carbocycles. The van der Waals surface area contributed by atoms with Gasteiger partial charge in [-0.3, -0.25) is 14.4 Å². The largest absolute Gasteiger partial charge is 0.493 e. The SMILES string of the molecule is Cc1ccc(OCCCC(=O)Nc2ccc(Cl)c(NC(=O)C(C(=O)C(C)(C)C)n3nnc4cc(N=c5sc6ccccc6n5C)ccc43)c2)c(C)c1. The summed E-state index contributed by atoms with van der Waals surface area (Å²) >= 11 is 8.07. The molecule has 0 spiro atoms. The lowest BCUT2D eigenvalue weighted by Gasteiger charge is -2.24. The first-order chi connectivity index (χ1) is 24.8. The van der Waals surface area contributed by atoms with E-state index in [0.717, 1.165) is 31.9 Å². The Bertz CT molecular complexity index is 2390. The van der Waals surface area contributed by atoms with Gasteiger partial charge in [0.2, 0.25) is 5.91 Å². The average Bonchev–Trinajstić information content (AvgIpc) is 3.65. The Balaban J connectivity index is 1.18. The van der Waals surface area contributed by atoms with Crippen molar-refractivity contribution in [2.45, 2.75) is 53.5 Å². The van der Waals surface area contributed by atoms with Crippen LogP contribution in [0.4, 0.5) is 17.1 Å². The number of rotatable bonds is 11. The summed E-state index contributed by atoms with van der Waals surface area (Å²) in [6.45, 7) is 9.63. The van der Waals surface area contributed by atoms with Crippen LogP contribution in [0, 0.1) is 19.3 Å². The summed E-state index contributed by atoms with van der Waals surface area (Å²) in [4.78, 5) is 46.3. The quantitative estimate of drug-likeness (QED) is 0.102. The second-order valence-corrected chi connectivity index (χ2v) is 15.1. The standard InChI is InChI=1S/C39H40ClN7O4S/c1-23-13-18-32(24(2)20-23)51-19-9-12-34(48)41-25-14-16-27(40)28(21-25)43-37(50)35(36(49)39(3,4)5)47-30-17-15-26(22-29(30)44-45-47)42-38-46(6)31-10-7-8-11-33(31)52-38/h7-8,10-11,13-18,20-22,35H,9,12,19H2,1-6H3,(H,41,48)(H,43,50). The van der Waals surface area contributed by atoms with Gasteiger partial charge in [-0.2, -0.15) is 0 Å². The number of aryl methyl sites for hydroxylation is 3. The Kier molecular flexibility index (Phi) is 10.6. The fourth-order valence-corrected chi connectivity index (χ4v) is 6.94. The third kappa shape index (κ3) is 8.08. The van der Waals surface area contributed by atoms with E-state index in [1.54, 1.807) is 62.4 Å². The Morgan fingerprint density at radius 3 is 2.50 bits per heavy atom. The summed E-state index contributed by atoms with van der Waals surface area (Å²) in [5.41, 5.74) is 4.68. The van der Waals surface area contributed by atoms with Crippen LogP contribution in [0.2, 0.25) is 5.02 Å². The van der Waals surface area contributed by atoms with Crippen LogP contribution in [-0.2, 0) is 21.4 Å². The number of nitrogens with one attached hydrogen (secondary N) is 2. The molecule has 0 radical (unpaired) electrons. The zero-order valence-corrected chi connectivity index (χ0v) is 31.4. The maximum atomic E-state index is 14.0. The van der Waals surface area contributed by atoms with Crippen molar-refractivity contribution < 1.29 is 19.1 Å². The molecular weight excluding hydrogens is 698 g/mol. The van der Waals surface area contributed by atoms with Gasteiger partial charge < -0.3 is 19.9 Å². The number of aromatic nitrogens is 4. The first-order valence-electron chi connectivity index (χ1n) is 16.9. The predicted molar refractivity (Wildman–Crippen MR) is 206 cm³/mol. The summed E-state index contributed by atoms with van der Waals surface area (Å²) in [7, 11) is 1.97. The molecule has 11 nitrogen and oxygen atoms in total. The molecule has 0 saturated heterocycles. The number of benzene rings is 4. The summed E-state index contributed by atoms with van der Waals surface area (Å²) in [5, 5.41) is 14.5. The van der Waals surface area contributed by atoms with Crippen LogP contribution < -0.4 is 20.2 Å². The zero-order valence-electron chi connectivity index (χ0n) is 29.9. The Morgan fingerprint density at radius 2 is 1.75 bits per heavy atom. The number of para-hydroxylation sites is 1.